The maximum atomic E-state index is 3.50. The van der Waals surface area contributed by atoms with Gasteiger partial charge in [-0.2, -0.15) is 0 Å². The Morgan fingerprint density at radius 3 is 2.84 bits per heavy atom. The van der Waals surface area contributed by atoms with E-state index < -0.39 is 0 Å². The van der Waals surface area contributed by atoms with E-state index in [0.29, 0.717) is 6.04 Å². The van der Waals surface area contributed by atoms with Crippen LogP contribution < -0.4 is 5.32 Å². The number of H-pyrrole nitrogens is 1. The Balaban J connectivity index is 1.95. The standard InChI is InChI=1S/C16H23N3/c1-11-4-5-12(2)16-15(11)13(9-18-16)8-14-10-17-6-7-19(14)3/h4-5,9,14,17-18H,6-8,10H2,1-3H3. The topological polar surface area (TPSA) is 31.1 Å². The zero-order valence-electron chi connectivity index (χ0n) is 12.1. The lowest BCUT2D eigenvalue weighted by Gasteiger charge is -2.33. The van der Waals surface area contributed by atoms with Crippen LogP contribution in [-0.2, 0) is 6.42 Å². The van der Waals surface area contributed by atoms with Crippen molar-refractivity contribution < 1.29 is 0 Å². The van der Waals surface area contributed by atoms with Gasteiger partial charge in [0, 0.05) is 42.8 Å². The first kappa shape index (κ1) is 12.7. The predicted octanol–water partition coefficient (Wildman–Crippen LogP) is 2.23. The summed E-state index contributed by atoms with van der Waals surface area (Å²) in [5.41, 5.74) is 5.48. The maximum absolute atomic E-state index is 3.50. The van der Waals surface area contributed by atoms with Gasteiger partial charge < -0.3 is 15.2 Å². The third-order valence-corrected chi connectivity index (χ3v) is 4.43. The molecular formula is C16H23N3. The Morgan fingerprint density at radius 2 is 2.05 bits per heavy atom. The highest BCUT2D eigenvalue weighted by atomic mass is 15.2. The van der Waals surface area contributed by atoms with Crippen LogP contribution in [-0.4, -0.2) is 42.6 Å². The SMILES string of the molecule is Cc1ccc(C)c2c(CC3CNCCN3C)c[nH]c12. The number of rotatable bonds is 2. The quantitative estimate of drug-likeness (QED) is 0.864. The van der Waals surface area contributed by atoms with Gasteiger partial charge in [-0.05, 0) is 44.0 Å². The molecule has 1 aromatic carbocycles. The van der Waals surface area contributed by atoms with Crippen molar-refractivity contribution in [2.45, 2.75) is 26.3 Å². The molecule has 1 aliphatic heterocycles. The number of likely N-dealkylation sites (N-methyl/N-ethyl adjacent to an activating group) is 1. The summed E-state index contributed by atoms with van der Waals surface area (Å²) >= 11 is 0. The molecule has 2 aromatic rings. The summed E-state index contributed by atoms with van der Waals surface area (Å²) in [4.78, 5) is 5.94. The van der Waals surface area contributed by atoms with Crippen LogP contribution in [0.4, 0.5) is 0 Å². The third kappa shape index (κ3) is 2.28. The lowest BCUT2D eigenvalue weighted by atomic mass is 9.98. The largest absolute Gasteiger partial charge is 0.361 e. The van der Waals surface area contributed by atoms with Crippen LogP contribution in [0.3, 0.4) is 0 Å². The van der Waals surface area contributed by atoms with Gasteiger partial charge in [0.2, 0.25) is 0 Å². The van der Waals surface area contributed by atoms with E-state index in [0.717, 1.165) is 26.1 Å². The number of aryl methyl sites for hydroxylation is 2. The highest BCUT2D eigenvalue weighted by Crippen LogP contribution is 2.26. The molecule has 102 valence electrons. The van der Waals surface area contributed by atoms with E-state index in [2.05, 4.69) is 54.4 Å². The van der Waals surface area contributed by atoms with E-state index >= 15 is 0 Å². The van der Waals surface area contributed by atoms with Crippen molar-refractivity contribution in [1.29, 1.82) is 0 Å². The number of hydrogen-bond donors (Lipinski definition) is 2. The molecule has 3 nitrogen and oxygen atoms in total. The molecule has 0 spiro atoms. The van der Waals surface area contributed by atoms with Crippen LogP contribution >= 0.6 is 0 Å². The van der Waals surface area contributed by atoms with Gasteiger partial charge in [-0.3, -0.25) is 0 Å². The lowest BCUT2D eigenvalue weighted by molar-refractivity contribution is 0.199. The molecule has 2 heterocycles. The molecule has 3 heteroatoms. The monoisotopic (exact) mass is 257 g/mol. The van der Waals surface area contributed by atoms with Crippen molar-refractivity contribution in [1.82, 2.24) is 15.2 Å². The number of nitrogens with zero attached hydrogens (tertiary/aromatic N) is 1. The fraction of sp³-hybridized carbons (Fsp3) is 0.500. The molecule has 1 saturated heterocycles. The minimum atomic E-state index is 0.604. The van der Waals surface area contributed by atoms with Crippen molar-refractivity contribution in [3.05, 3.63) is 35.0 Å². The summed E-state index contributed by atoms with van der Waals surface area (Å²) in [5.74, 6) is 0. The number of aromatic nitrogens is 1. The second-order valence-corrected chi connectivity index (χ2v) is 5.81. The number of hydrogen-bond acceptors (Lipinski definition) is 2. The first-order valence-electron chi connectivity index (χ1n) is 7.14. The molecule has 0 aliphatic carbocycles. The lowest BCUT2D eigenvalue weighted by Crippen LogP contribution is -2.50. The van der Waals surface area contributed by atoms with E-state index in [1.807, 2.05) is 0 Å². The molecule has 1 unspecified atom stereocenters. The van der Waals surface area contributed by atoms with Gasteiger partial charge >= 0.3 is 0 Å². The highest BCUT2D eigenvalue weighted by Gasteiger charge is 2.20. The molecule has 2 N–H and O–H groups in total. The van der Waals surface area contributed by atoms with E-state index in [-0.39, 0.29) is 0 Å². The van der Waals surface area contributed by atoms with Crippen LogP contribution in [0.15, 0.2) is 18.3 Å². The molecule has 1 atom stereocenters. The predicted molar refractivity (Wildman–Crippen MR) is 80.8 cm³/mol. The van der Waals surface area contributed by atoms with Crippen LogP contribution in [0.5, 0.6) is 0 Å². The molecule has 1 aliphatic rings. The second-order valence-electron chi connectivity index (χ2n) is 5.81. The molecule has 0 radical (unpaired) electrons. The van der Waals surface area contributed by atoms with Crippen molar-refractivity contribution in [2.75, 3.05) is 26.7 Å². The average molecular weight is 257 g/mol. The van der Waals surface area contributed by atoms with E-state index in [9.17, 15) is 0 Å². The van der Waals surface area contributed by atoms with Crippen LogP contribution in [0, 0.1) is 13.8 Å². The molecule has 0 bridgehead atoms. The molecule has 0 saturated carbocycles. The fourth-order valence-electron chi connectivity index (χ4n) is 3.15. The number of benzene rings is 1. The summed E-state index contributed by atoms with van der Waals surface area (Å²) in [5, 5.41) is 4.93. The Hall–Kier alpha value is -1.32. The van der Waals surface area contributed by atoms with Gasteiger partial charge in [0.25, 0.3) is 0 Å². The van der Waals surface area contributed by atoms with Crippen molar-refractivity contribution in [3.8, 4) is 0 Å². The van der Waals surface area contributed by atoms with Gasteiger partial charge in [0.05, 0.1) is 0 Å². The van der Waals surface area contributed by atoms with Crippen LogP contribution in [0.1, 0.15) is 16.7 Å². The molecule has 0 amide bonds. The summed E-state index contributed by atoms with van der Waals surface area (Å²) in [6.07, 6.45) is 3.32. The van der Waals surface area contributed by atoms with Crippen molar-refractivity contribution in [3.63, 3.8) is 0 Å². The number of fused-ring (bicyclic) bond motifs is 1. The summed E-state index contributed by atoms with van der Waals surface area (Å²) in [6.45, 7) is 7.73. The van der Waals surface area contributed by atoms with Gasteiger partial charge in [-0.25, -0.2) is 0 Å². The van der Waals surface area contributed by atoms with Crippen LogP contribution in [0.25, 0.3) is 10.9 Å². The number of aromatic amines is 1. The third-order valence-electron chi connectivity index (χ3n) is 4.43. The molecule has 19 heavy (non-hydrogen) atoms. The molecule has 1 aromatic heterocycles. The Morgan fingerprint density at radius 1 is 1.26 bits per heavy atom. The number of piperazine rings is 1. The zero-order chi connectivity index (χ0) is 13.4. The van der Waals surface area contributed by atoms with Crippen molar-refractivity contribution >= 4 is 10.9 Å². The number of nitrogens with one attached hydrogen (secondary N) is 2. The van der Waals surface area contributed by atoms with E-state index in [1.54, 1.807) is 0 Å². The van der Waals surface area contributed by atoms with E-state index in [1.165, 1.54) is 27.6 Å². The smallest absolute Gasteiger partial charge is 0.0489 e. The highest BCUT2D eigenvalue weighted by molar-refractivity contribution is 5.89. The minimum Gasteiger partial charge on any atom is -0.361 e. The van der Waals surface area contributed by atoms with Gasteiger partial charge in [-0.15, -0.1) is 0 Å². The van der Waals surface area contributed by atoms with Gasteiger partial charge in [-0.1, -0.05) is 12.1 Å². The summed E-state index contributed by atoms with van der Waals surface area (Å²) < 4.78 is 0. The Kier molecular flexibility index (Phi) is 3.33. The normalized spacial score (nSPS) is 21.1. The second kappa shape index (κ2) is 4.99. The zero-order valence-corrected chi connectivity index (χ0v) is 12.1. The maximum Gasteiger partial charge on any atom is 0.0489 e. The average Bonchev–Trinajstić information content (AvgIpc) is 2.82. The Labute approximate surface area is 115 Å². The fourth-order valence-corrected chi connectivity index (χ4v) is 3.15. The summed E-state index contributed by atoms with van der Waals surface area (Å²) in [6, 6.07) is 5.04. The molecule has 3 rings (SSSR count). The Bertz CT molecular complexity index is 585. The molecular weight excluding hydrogens is 234 g/mol. The van der Waals surface area contributed by atoms with E-state index in [4.69, 9.17) is 0 Å². The van der Waals surface area contributed by atoms with Gasteiger partial charge in [0.1, 0.15) is 0 Å². The van der Waals surface area contributed by atoms with Crippen molar-refractivity contribution in [2.24, 2.45) is 0 Å². The van der Waals surface area contributed by atoms with Gasteiger partial charge in [0.15, 0.2) is 0 Å². The first-order valence-corrected chi connectivity index (χ1v) is 7.14. The minimum absolute atomic E-state index is 0.604. The van der Waals surface area contributed by atoms with Crippen LogP contribution in [0.2, 0.25) is 0 Å². The summed E-state index contributed by atoms with van der Waals surface area (Å²) in [7, 11) is 2.23. The first-order chi connectivity index (χ1) is 9.16. The molecule has 1 fully saturated rings.